The van der Waals surface area contributed by atoms with Gasteiger partial charge in [0.05, 0.1) is 25.3 Å². The lowest BCUT2D eigenvalue weighted by atomic mass is 10.0. The highest BCUT2D eigenvalue weighted by atomic mass is 31.2. The van der Waals surface area contributed by atoms with Gasteiger partial charge in [0.25, 0.3) is 0 Å². The van der Waals surface area contributed by atoms with Crippen molar-refractivity contribution in [1.82, 2.24) is 14.9 Å². The van der Waals surface area contributed by atoms with Crippen LogP contribution in [0.25, 0.3) is 10.9 Å². The number of rotatable bonds is 15. The molecule has 0 unspecified atom stereocenters. The molecule has 0 amide bonds. The summed E-state index contributed by atoms with van der Waals surface area (Å²) in [6.07, 6.45) is 4.91. The van der Waals surface area contributed by atoms with Gasteiger partial charge in [-0.1, -0.05) is 36.8 Å². The number of aryl methyl sites for hydroxylation is 1. The van der Waals surface area contributed by atoms with Gasteiger partial charge in [0.1, 0.15) is 29.5 Å². The molecule has 4 rings (SSSR count). The number of carbonyl (C=O) groups excluding carboxylic acids is 1. The van der Waals surface area contributed by atoms with Crippen molar-refractivity contribution in [2.45, 2.75) is 33.1 Å². The second-order valence-corrected chi connectivity index (χ2v) is 11.1. The van der Waals surface area contributed by atoms with Crippen LogP contribution in [0, 0.1) is 6.92 Å². The molecule has 11 nitrogen and oxygen atoms in total. The van der Waals surface area contributed by atoms with Crippen molar-refractivity contribution >= 4 is 36.2 Å². The van der Waals surface area contributed by atoms with Crippen LogP contribution in [0.15, 0.2) is 65.4 Å². The maximum Gasteiger partial charge on any atom is 0.469 e. The molecule has 2 heterocycles. The number of anilines is 1. The summed E-state index contributed by atoms with van der Waals surface area (Å²) in [5, 5.41) is 4.09. The Kier molecular flexibility index (Phi) is 10.7. The first kappa shape index (κ1) is 30.5. The van der Waals surface area contributed by atoms with Gasteiger partial charge in [-0.15, -0.1) is 0 Å². The van der Waals surface area contributed by atoms with Crippen LogP contribution in [0.3, 0.4) is 0 Å². The molecule has 0 aliphatic carbocycles. The third-order valence-electron chi connectivity index (χ3n) is 6.56. The van der Waals surface area contributed by atoms with Crippen LogP contribution >= 0.6 is 7.82 Å². The maximum atomic E-state index is 12.6. The van der Waals surface area contributed by atoms with Crippen molar-refractivity contribution in [3.8, 4) is 5.75 Å². The number of phosphoric ester groups is 1. The molecule has 0 saturated carbocycles. The zero-order chi connectivity index (χ0) is 29.2. The van der Waals surface area contributed by atoms with Crippen LogP contribution < -0.4 is 10.1 Å². The van der Waals surface area contributed by atoms with E-state index in [0.29, 0.717) is 56.5 Å². The molecule has 2 aromatic carbocycles. The predicted octanol–water partition coefficient (Wildman–Crippen LogP) is 4.09. The summed E-state index contributed by atoms with van der Waals surface area (Å²) in [5.41, 5.74) is 3.86. The molecule has 12 heteroatoms. The van der Waals surface area contributed by atoms with Crippen molar-refractivity contribution in [2.24, 2.45) is 4.99 Å². The van der Waals surface area contributed by atoms with E-state index in [-0.39, 0.29) is 12.4 Å². The Labute approximate surface area is 239 Å². The van der Waals surface area contributed by atoms with Crippen molar-refractivity contribution in [3.05, 3.63) is 71.6 Å². The smallest absolute Gasteiger partial charge is 0.469 e. The minimum Gasteiger partial charge on any atom is -0.493 e. The number of amidine groups is 1. The summed E-state index contributed by atoms with van der Waals surface area (Å²) in [6, 6.07) is 13.6. The summed E-state index contributed by atoms with van der Waals surface area (Å²) in [5.74, 6) is 2.13. The molecule has 1 aliphatic heterocycles. The van der Waals surface area contributed by atoms with Crippen LogP contribution in [-0.4, -0.2) is 75.7 Å². The highest BCUT2D eigenvalue weighted by molar-refractivity contribution is 7.46. The molecule has 218 valence electrons. The molecule has 0 atom stereocenters. The Morgan fingerprint density at radius 1 is 1.10 bits per heavy atom. The molecule has 1 aliphatic rings. The van der Waals surface area contributed by atoms with Crippen molar-refractivity contribution in [1.29, 1.82) is 0 Å². The van der Waals surface area contributed by atoms with Crippen molar-refractivity contribution in [2.75, 3.05) is 44.7 Å². The van der Waals surface area contributed by atoms with Gasteiger partial charge < -0.3 is 24.7 Å². The van der Waals surface area contributed by atoms with Crippen LogP contribution in [0.1, 0.15) is 30.9 Å². The second kappa shape index (κ2) is 14.4. The number of aliphatic imine (C=N–C) groups is 1. The van der Waals surface area contributed by atoms with Gasteiger partial charge in [0, 0.05) is 37.4 Å². The summed E-state index contributed by atoms with van der Waals surface area (Å²) in [7, 11) is -4.45. The quantitative estimate of drug-likeness (QED) is 0.177. The zero-order valence-corrected chi connectivity index (χ0v) is 24.2. The fourth-order valence-electron chi connectivity index (χ4n) is 4.56. The fraction of sp³-hybridized carbons (Fsp3) is 0.379. The number of phosphoric acid groups is 1. The Morgan fingerprint density at radius 2 is 1.95 bits per heavy atom. The average Bonchev–Trinajstić information content (AvgIpc) is 3.35. The topological polar surface area (TPSA) is 146 Å². The average molecular weight is 582 g/mol. The number of hydrogen-bond donors (Lipinski definition) is 3. The van der Waals surface area contributed by atoms with E-state index in [0.717, 1.165) is 40.6 Å². The molecular weight excluding hydrogens is 545 g/mol. The van der Waals surface area contributed by atoms with Crippen molar-refractivity contribution < 1.29 is 28.4 Å². The number of nitrogens with zero attached hydrogens (tertiary/aromatic N) is 4. The lowest BCUT2D eigenvalue weighted by Crippen LogP contribution is -2.29. The number of likely N-dealkylation sites (N-methyl/N-ethyl adjacent to an activating group) is 1. The molecule has 0 bridgehead atoms. The van der Waals surface area contributed by atoms with E-state index in [1.165, 1.54) is 6.33 Å². The Morgan fingerprint density at radius 3 is 2.73 bits per heavy atom. The van der Waals surface area contributed by atoms with Crippen LogP contribution in [0.5, 0.6) is 5.75 Å². The first-order valence-corrected chi connectivity index (χ1v) is 15.1. The molecule has 0 saturated heterocycles. The molecule has 3 N–H and O–H groups in total. The summed E-state index contributed by atoms with van der Waals surface area (Å²) < 4.78 is 21.3. The number of nitrogens with one attached hydrogen (secondary N) is 1. The van der Waals surface area contributed by atoms with Gasteiger partial charge in [0.15, 0.2) is 0 Å². The largest absolute Gasteiger partial charge is 0.493 e. The number of Topliss-reactive ketones (excluding diaryl/α,β-unsaturated/α-hetero) is 1. The van der Waals surface area contributed by atoms with Gasteiger partial charge in [0.2, 0.25) is 0 Å². The summed E-state index contributed by atoms with van der Waals surface area (Å²) in [6.45, 7) is 6.80. The SMILES string of the molecule is CCN(CCCOc1ccc2c(NC3=NCC(CC(=O)Cc4cccc(C)c4)=C3)ncnc2c1)CCOP(=O)(O)O. The van der Waals surface area contributed by atoms with Crippen LogP contribution in [0.4, 0.5) is 5.82 Å². The highest BCUT2D eigenvalue weighted by Crippen LogP contribution is 2.35. The third-order valence-corrected chi connectivity index (χ3v) is 7.08. The van der Waals surface area contributed by atoms with Crippen LogP contribution in [-0.2, 0) is 20.3 Å². The molecule has 1 aromatic heterocycles. The van der Waals surface area contributed by atoms with E-state index in [9.17, 15) is 9.36 Å². The third kappa shape index (κ3) is 9.84. The summed E-state index contributed by atoms with van der Waals surface area (Å²) in [4.78, 5) is 45.6. The molecule has 41 heavy (non-hydrogen) atoms. The van der Waals surface area contributed by atoms with Gasteiger partial charge in [-0.2, -0.15) is 0 Å². The van der Waals surface area contributed by atoms with Crippen LogP contribution in [0.2, 0.25) is 0 Å². The van der Waals surface area contributed by atoms with E-state index >= 15 is 0 Å². The van der Waals surface area contributed by atoms with E-state index in [1.54, 1.807) is 0 Å². The minimum atomic E-state index is -4.45. The number of ether oxygens (including phenoxy) is 1. The predicted molar refractivity (Wildman–Crippen MR) is 158 cm³/mol. The van der Waals surface area contributed by atoms with Gasteiger partial charge >= 0.3 is 7.82 Å². The minimum absolute atomic E-state index is 0.0324. The zero-order valence-electron chi connectivity index (χ0n) is 23.3. The molecular formula is C29H36N5O6P. The molecule has 0 radical (unpaired) electrons. The Hall–Kier alpha value is -3.47. The highest BCUT2D eigenvalue weighted by Gasteiger charge is 2.16. The van der Waals surface area contributed by atoms with E-state index in [2.05, 4.69) is 24.8 Å². The number of benzene rings is 2. The lowest BCUT2D eigenvalue weighted by Gasteiger charge is -2.20. The summed E-state index contributed by atoms with van der Waals surface area (Å²) >= 11 is 0. The maximum absolute atomic E-state index is 12.6. The molecule has 0 fully saturated rings. The van der Waals surface area contributed by atoms with E-state index < -0.39 is 7.82 Å². The van der Waals surface area contributed by atoms with E-state index in [1.807, 2.05) is 67.3 Å². The number of aromatic nitrogens is 2. The van der Waals surface area contributed by atoms with Crippen molar-refractivity contribution in [3.63, 3.8) is 0 Å². The van der Waals surface area contributed by atoms with Gasteiger partial charge in [-0.25, -0.2) is 14.5 Å². The Bertz CT molecular complexity index is 1470. The normalized spacial score (nSPS) is 13.4. The number of hydrogen-bond acceptors (Lipinski definition) is 9. The number of fused-ring (bicyclic) bond motifs is 1. The molecule has 0 spiro atoms. The first-order valence-electron chi connectivity index (χ1n) is 13.6. The van der Waals surface area contributed by atoms with E-state index in [4.69, 9.17) is 14.5 Å². The van der Waals surface area contributed by atoms with Gasteiger partial charge in [-0.05, 0) is 49.2 Å². The monoisotopic (exact) mass is 581 g/mol. The fourth-order valence-corrected chi connectivity index (χ4v) is 4.88. The lowest BCUT2D eigenvalue weighted by molar-refractivity contribution is -0.117. The Balaban J connectivity index is 1.27. The number of carbonyl (C=O) groups is 1. The first-order chi connectivity index (χ1) is 19.7. The standard InChI is InChI=1S/C29H36N5O6P/c1-3-34(11-13-40-41(36,37)38)10-5-12-39-25-8-9-26-27(18-25)31-20-32-29(26)33-28-17-23(19-30-28)16-24(35)15-22-7-4-6-21(2)14-22/h4,6-9,14,17-18,20H,3,5,10-13,15-16,19H2,1-2H3,(H2,36,37,38)(H,30,31,32,33). The second-order valence-electron chi connectivity index (χ2n) is 9.87. The molecule has 3 aromatic rings. The van der Waals surface area contributed by atoms with Gasteiger partial charge in [-0.3, -0.25) is 14.3 Å². The number of ketones is 1.